The lowest BCUT2D eigenvalue weighted by Crippen LogP contribution is -2.56. The molecule has 7 rings (SSSR count). The number of fused-ring (bicyclic) bond motifs is 1. The highest BCUT2D eigenvalue weighted by Gasteiger charge is 2.72. The molecule has 5 aliphatic rings. The number of nitrogens with one attached hydrogen (secondary N) is 2. The molecule has 4 fully saturated rings. The molecule has 2 N–H and O–H groups in total. The SMILES string of the molecule is Cc1ccc(NC(=O)C2[C@@H]3C=CC4(O3)C(C(=O)NC3CCCCC3)N(CCCN3CCN(Cc5ccccc5)CC3)C(=O)[C@H]24)cc1Cl. The summed E-state index contributed by atoms with van der Waals surface area (Å²) in [7, 11) is 0. The van der Waals surface area contributed by atoms with Crippen LogP contribution in [0.5, 0.6) is 0 Å². The van der Waals surface area contributed by atoms with Crippen molar-refractivity contribution in [3.8, 4) is 0 Å². The summed E-state index contributed by atoms with van der Waals surface area (Å²) < 4.78 is 6.54. The Balaban J connectivity index is 1.04. The van der Waals surface area contributed by atoms with E-state index in [1.807, 2.05) is 37.3 Å². The average molecular weight is 660 g/mol. The molecule has 1 aliphatic carbocycles. The Bertz CT molecular complexity index is 1510. The fourth-order valence-electron chi connectivity index (χ4n) is 8.41. The van der Waals surface area contributed by atoms with Crippen molar-refractivity contribution in [2.75, 3.05) is 44.6 Å². The number of amides is 3. The average Bonchev–Trinajstić information content (AvgIpc) is 3.72. The minimum Gasteiger partial charge on any atom is -0.359 e. The number of aryl methyl sites for hydroxylation is 1. The summed E-state index contributed by atoms with van der Waals surface area (Å²) in [5.41, 5.74) is 1.66. The van der Waals surface area contributed by atoms with E-state index in [9.17, 15) is 14.4 Å². The lowest BCUT2D eigenvalue weighted by Gasteiger charge is -2.36. The normalized spacial score (nSPS) is 29.3. The third kappa shape index (κ3) is 6.47. The summed E-state index contributed by atoms with van der Waals surface area (Å²) in [5.74, 6) is -2.13. The molecule has 0 aromatic heterocycles. The number of piperazine rings is 1. The second-order valence-corrected chi connectivity index (χ2v) is 14.4. The number of benzene rings is 2. The Kier molecular flexibility index (Phi) is 9.42. The van der Waals surface area contributed by atoms with Gasteiger partial charge < -0.3 is 25.2 Å². The van der Waals surface area contributed by atoms with Gasteiger partial charge >= 0.3 is 0 Å². The number of nitrogens with zero attached hydrogens (tertiary/aromatic N) is 3. The van der Waals surface area contributed by atoms with E-state index in [1.54, 1.807) is 11.0 Å². The molecule has 2 aromatic carbocycles. The molecule has 3 saturated heterocycles. The minimum absolute atomic E-state index is 0.101. The van der Waals surface area contributed by atoms with E-state index in [0.29, 0.717) is 17.3 Å². The number of hydrogen-bond donors (Lipinski definition) is 2. The van der Waals surface area contributed by atoms with E-state index in [4.69, 9.17) is 16.3 Å². The van der Waals surface area contributed by atoms with E-state index in [1.165, 1.54) is 12.0 Å². The van der Waals surface area contributed by atoms with Crippen LogP contribution in [-0.2, 0) is 25.7 Å². The predicted molar refractivity (Wildman–Crippen MR) is 182 cm³/mol. The minimum atomic E-state index is -1.16. The highest BCUT2D eigenvalue weighted by molar-refractivity contribution is 6.31. The third-order valence-corrected chi connectivity index (χ3v) is 11.3. The van der Waals surface area contributed by atoms with Crippen LogP contribution in [-0.4, -0.2) is 95.5 Å². The first kappa shape index (κ1) is 32.3. The van der Waals surface area contributed by atoms with Crippen molar-refractivity contribution in [1.82, 2.24) is 20.0 Å². The maximum absolute atomic E-state index is 14.4. The van der Waals surface area contributed by atoms with Gasteiger partial charge in [-0.3, -0.25) is 19.3 Å². The van der Waals surface area contributed by atoms with Crippen LogP contribution < -0.4 is 10.6 Å². The second kappa shape index (κ2) is 13.7. The third-order valence-electron chi connectivity index (χ3n) is 10.9. The summed E-state index contributed by atoms with van der Waals surface area (Å²) in [4.78, 5) is 48.9. The van der Waals surface area contributed by atoms with Crippen molar-refractivity contribution in [1.29, 1.82) is 0 Å². The summed E-state index contributed by atoms with van der Waals surface area (Å²) in [6, 6.07) is 15.2. The largest absolute Gasteiger partial charge is 0.359 e. The zero-order chi connectivity index (χ0) is 32.5. The number of hydrogen-bond acceptors (Lipinski definition) is 6. The molecule has 10 heteroatoms. The monoisotopic (exact) mass is 659 g/mol. The molecule has 0 radical (unpaired) electrons. The molecule has 4 aliphatic heterocycles. The quantitative estimate of drug-likeness (QED) is 0.368. The molecule has 2 aromatic rings. The summed E-state index contributed by atoms with van der Waals surface area (Å²) in [6.07, 6.45) is 9.20. The van der Waals surface area contributed by atoms with E-state index in [0.717, 1.165) is 76.9 Å². The van der Waals surface area contributed by atoms with Crippen LogP contribution in [0.25, 0.3) is 0 Å². The van der Waals surface area contributed by atoms with Crippen LogP contribution in [0.15, 0.2) is 60.7 Å². The standard InChI is InChI=1S/C37H46ClN5O4/c1-25-13-14-28(23-29(25)38)40-34(44)31-30-15-16-37(47-30)32(31)36(46)43(33(37)35(45)39-27-11-6-3-7-12-27)18-8-17-41-19-21-42(22-20-41)24-26-9-4-2-5-10-26/h2,4-5,9-10,13-16,23,27,30-33H,3,6-8,11-12,17-22,24H2,1H3,(H,39,45)(H,40,44)/t30-,31?,32-,33?,37?/m0/s1. The fourth-order valence-corrected chi connectivity index (χ4v) is 8.59. The molecule has 4 heterocycles. The number of ether oxygens (including phenoxy) is 1. The first-order valence-corrected chi connectivity index (χ1v) is 17.7. The van der Waals surface area contributed by atoms with Crippen molar-refractivity contribution in [2.45, 2.75) is 75.8 Å². The summed E-state index contributed by atoms with van der Waals surface area (Å²) >= 11 is 6.33. The van der Waals surface area contributed by atoms with Gasteiger partial charge in [0.2, 0.25) is 17.7 Å². The Labute approximate surface area is 282 Å². The lowest BCUT2D eigenvalue weighted by molar-refractivity contribution is -0.141. The van der Waals surface area contributed by atoms with Gasteiger partial charge in [-0.15, -0.1) is 0 Å². The molecule has 250 valence electrons. The summed E-state index contributed by atoms with van der Waals surface area (Å²) in [5, 5.41) is 6.82. The van der Waals surface area contributed by atoms with Crippen molar-refractivity contribution in [3.05, 3.63) is 76.8 Å². The Hall–Kier alpha value is -3.24. The smallest absolute Gasteiger partial charge is 0.246 e. The number of halogens is 1. The van der Waals surface area contributed by atoms with Gasteiger partial charge in [0.25, 0.3) is 0 Å². The van der Waals surface area contributed by atoms with Crippen LogP contribution >= 0.6 is 11.6 Å². The molecule has 1 saturated carbocycles. The number of anilines is 1. The Morgan fingerprint density at radius 1 is 0.957 bits per heavy atom. The summed E-state index contributed by atoms with van der Waals surface area (Å²) in [6.45, 7) is 8.08. The van der Waals surface area contributed by atoms with Gasteiger partial charge in [-0.05, 0) is 56.0 Å². The molecule has 9 nitrogen and oxygen atoms in total. The maximum atomic E-state index is 14.4. The first-order valence-electron chi connectivity index (χ1n) is 17.4. The van der Waals surface area contributed by atoms with Gasteiger partial charge in [0.05, 0.1) is 17.9 Å². The van der Waals surface area contributed by atoms with E-state index in [-0.39, 0.29) is 23.8 Å². The van der Waals surface area contributed by atoms with Crippen LogP contribution in [0.1, 0.15) is 49.7 Å². The van der Waals surface area contributed by atoms with Crippen LogP contribution in [0, 0.1) is 18.8 Å². The molecular weight excluding hydrogens is 614 g/mol. The van der Waals surface area contributed by atoms with Gasteiger partial charge in [-0.2, -0.15) is 0 Å². The lowest BCUT2D eigenvalue weighted by atomic mass is 9.74. The molecule has 5 atom stereocenters. The molecule has 2 bridgehead atoms. The van der Waals surface area contributed by atoms with Gasteiger partial charge in [0, 0.05) is 56.0 Å². The Morgan fingerprint density at radius 2 is 1.70 bits per heavy atom. The highest BCUT2D eigenvalue weighted by atomic mass is 35.5. The molecule has 3 unspecified atom stereocenters. The first-order chi connectivity index (χ1) is 22.8. The second-order valence-electron chi connectivity index (χ2n) is 14.0. The van der Waals surface area contributed by atoms with E-state index >= 15 is 0 Å². The van der Waals surface area contributed by atoms with Crippen molar-refractivity contribution < 1.29 is 19.1 Å². The van der Waals surface area contributed by atoms with Gasteiger partial charge in [0.15, 0.2) is 0 Å². The number of likely N-dealkylation sites (tertiary alicyclic amines) is 1. The molecule has 47 heavy (non-hydrogen) atoms. The molecule has 1 spiro atoms. The van der Waals surface area contributed by atoms with Crippen molar-refractivity contribution in [3.63, 3.8) is 0 Å². The number of rotatable bonds is 10. The maximum Gasteiger partial charge on any atom is 0.246 e. The van der Waals surface area contributed by atoms with Crippen molar-refractivity contribution >= 4 is 35.0 Å². The molecule has 3 amide bonds. The van der Waals surface area contributed by atoms with Crippen LogP contribution in [0.4, 0.5) is 5.69 Å². The van der Waals surface area contributed by atoms with Gasteiger partial charge in [0.1, 0.15) is 11.6 Å². The Morgan fingerprint density at radius 3 is 2.45 bits per heavy atom. The van der Waals surface area contributed by atoms with Crippen LogP contribution in [0.2, 0.25) is 5.02 Å². The fraction of sp³-hybridized carbons (Fsp3) is 0.541. The predicted octanol–water partition coefficient (Wildman–Crippen LogP) is 4.39. The van der Waals surface area contributed by atoms with Gasteiger partial charge in [-0.1, -0.05) is 79.4 Å². The zero-order valence-corrected chi connectivity index (χ0v) is 28.0. The molecular formula is C37H46ClN5O4. The van der Waals surface area contributed by atoms with Crippen LogP contribution in [0.3, 0.4) is 0 Å². The number of carbonyl (C=O) groups excluding carboxylic acids is 3. The van der Waals surface area contributed by atoms with Crippen molar-refractivity contribution in [2.24, 2.45) is 11.8 Å². The highest BCUT2D eigenvalue weighted by Crippen LogP contribution is 2.55. The topological polar surface area (TPSA) is 94.2 Å². The number of carbonyl (C=O) groups is 3. The van der Waals surface area contributed by atoms with E-state index < -0.39 is 29.6 Å². The zero-order valence-electron chi connectivity index (χ0n) is 27.2. The van der Waals surface area contributed by atoms with E-state index in [2.05, 4.69) is 44.7 Å². The van der Waals surface area contributed by atoms with Gasteiger partial charge in [-0.25, -0.2) is 0 Å².